The van der Waals surface area contributed by atoms with Gasteiger partial charge in [0.1, 0.15) is 6.61 Å². The van der Waals surface area contributed by atoms with Gasteiger partial charge in [-0.1, -0.05) is 24.6 Å². The number of cyclic esters (lactones) is 1. The average Bonchev–Trinajstić information content (AvgIpc) is 3.49. The Bertz CT molecular complexity index is 780. The normalized spacial score (nSPS) is 32.7. The Labute approximate surface area is 184 Å². The van der Waals surface area contributed by atoms with Crippen molar-refractivity contribution < 1.29 is 19.1 Å². The SMILES string of the molecule is O=C(CC1CC2CCC1C2)OC[C@H]1OC(=O)N[C@@H]1CN1CCN(c2ccccc2)CC1. The maximum atomic E-state index is 12.4. The summed E-state index contributed by atoms with van der Waals surface area (Å²) in [4.78, 5) is 29.0. The van der Waals surface area contributed by atoms with Crippen LogP contribution in [0, 0.1) is 17.8 Å². The molecule has 2 saturated carbocycles. The molecule has 4 aliphatic rings. The van der Waals surface area contributed by atoms with Gasteiger partial charge in [-0.05, 0) is 49.1 Å². The van der Waals surface area contributed by atoms with Crippen LogP contribution in [0.2, 0.25) is 0 Å². The largest absolute Gasteiger partial charge is 0.462 e. The third kappa shape index (κ3) is 4.81. The first-order valence-corrected chi connectivity index (χ1v) is 11.8. The lowest BCUT2D eigenvalue weighted by atomic mass is 9.86. The molecule has 2 aliphatic carbocycles. The number of nitrogens with one attached hydrogen (secondary N) is 1. The Hall–Kier alpha value is -2.28. The first-order valence-electron chi connectivity index (χ1n) is 11.8. The zero-order chi connectivity index (χ0) is 21.2. The van der Waals surface area contributed by atoms with Crippen LogP contribution in [0.1, 0.15) is 32.1 Å². The lowest BCUT2D eigenvalue weighted by Gasteiger charge is -2.37. The molecule has 168 valence electrons. The van der Waals surface area contributed by atoms with Crippen LogP contribution < -0.4 is 10.2 Å². The molecule has 7 heteroatoms. The number of carbonyl (C=O) groups is 2. The van der Waals surface area contributed by atoms with Crippen LogP contribution >= 0.6 is 0 Å². The predicted molar refractivity (Wildman–Crippen MR) is 117 cm³/mol. The van der Waals surface area contributed by atoms with Gasteiger partial charge in [0.15, 0.2) is 6.10 Å². The molecular formula is C24H33N3O4. The number of ether oxygens (including phenoxy) is 2. The molecule has 0 spiro atoms. The summed E-state index contributed by atoms with van der Waals surface area (Å²) < 4.78 is 11.0. The molecule has 31 heavy (non-hydrogen) atoms. The summed E-state index contributed by atoms with van der Waals surface area (Å²) in [5.74, 6) is 1.89. The summed E-state index contributed by atoms with van der Waals surface area (Å²) in [6.45, 7) is 4.62. The van der Waals surface area contributed by atoms with E-state index in [4.69, 9.17) is 9.47 Å². The van der Waals surface area contributed by atoms with Gasteiger partial charge in [-0.15, -0.1) is 0 Å². The van der Waals surface area contributed by atoms with Gasteiger partial charge in [-0.2, -0.15) is 0 Å². The fourth-order valence-electron chi connectivity index (χ4n) is 5.99. The number of alkyl carbamates (subject to hydrolysis) is 1. The fourth-order valence-corrected chi connectivity index (χ4v) is 5.99. The number of rotatable bonds is 7. The number of carbonyl (C=O) groups excluding carboxylic acids is 2. The van der Waals surface area contributed by atoms with Crippen LogP contribution in [-0.4, -0.2) is 68.4 Å². The standard InChI is InChI=1S/C24H33N3O4/c28-23(14-19-13-17-6-7-18(19)12-17)30-16-22-21(25-24(29)31-22)15-26-8-10-27(11-9-26)20-4-2-1-3-5-20/h1-5,17-19,21-22H,6-16H2,(H,25,29)/t17?,18?,19?,21-,22-/m1/s1. The van der Waals surface area contributed by atoms with Crippen LogP contribution in [0.5, 0.6) is 0 Å². The Morgan fingerprint density at radius 1 is 1.10 bits per heavy atom. The van der Waals surface area contributed by atoms with Gasteiger partial charge >= 0.3 is 12.1 Å². The molecule has 2 saturated heterocycles. The Balaban J connectivity index is 1.07. The van der Waals surface area contributed by atoms with Crippen molar-refractivity contribution in [3.8, 4) is 0 Å². The van der Waals surface area contributed by atoms with Crippen LogP contribution in [0.15, 0.2) is 30.3 Å². The van der Waals surface area contributed by atoms with E-state index in [0.29, 0.717) is 24.8 Å². The quantitative estimate of drug-likeness (QED) is 0.675. The van der Waals surface area contributed by atoms with Crippen LogP contribution in [0.3, 0.4) is 0 Å². The maximum absolute atomic E-state index is 12.4. The highest BCUT2D eigenvalue weighted by Gasteiger charge is 2.41. The fraction of sp³-hybridized carbons (Fsp3) is 0.667. The van der Waals surface area contributed by atoms with Crippen LogP contribution in [0.25, 0.3) is 0 Å². The molecule has 5 atom stereocenters. The van der Waals surface area contributed by atoms with Gasteiger partial charge in [0.25, 0.3) is 0 Å². The van der Waals surface area contributed by atoms with Crippen molar-refractivity contribution in [1.29, 1.82) is 0 Å². The van der Waals surface area contributed by atoms with Crippen molar-refractivity contribution in [1.82, 2.24) is 10.2 Å². The van der Waals surface area contributed by atoms with E-state index in [1.165, 1.54) is 31.4 Å². The molecular weight excluding hydrogens is 394 g/mol. The number of esters is 1. The number of benzene rings is 1. The minimum atomic E-state index is -0.415. The number of nitrogens with zero attached hydrogens (tertiary/aromatic N) is 2. The van der Waals surface area contributed by atoms with Crippen LogP contribution in [0.4, 0.5) is 10.5 Å². The van der Waals surface area contributed by atoms with E-state index in [-0.39, 0.29) is 18.6 Å². The Morgan fingerprint density at radius 2 is 1.90 bits per heavy atom. The summed E-state index contributed by atoms with van der Waals surface area (Å²) in [6, 6.07) is 10.3. The van der Waals surface area contributed by atoms with Gasteiger partial charge < -0.3 is 19.7 Å². The Kier molecular flexibility index (Phi) is 6.03. The maximum Gasteiger partial charge on any atom is 0.408 e. The zero-order valence-electron chi connectivity index (χ0n) is 18.1. The molecule has 1 aromatic rings. The van der Waals surface area contributed by atoms with Gasteiger partial charge in [-0.25, -0.2) is 4.79 Å². The monoisotopic (exact) mass is 427 g/mol. The van der Waals surface area contributed by atoms with E-state index in [2.05, 4.69) is 39.4 Å². The molecule has 2 bridgehead atoms. The number of fused-ring (bicyclic) bond motifs is 2. The van der Waals surface area contributed by atoms with Crippen molar-refractivity contribution in [3.63, 3.8) is 0 Å². The highest BCUT2D eigenvalue weighted by Crippen LogP contribution is 2.49. The van der Waals surface area contributed by atoms with E-state index in [9.17, 15) is 9.59 Å². The molecule has 1 N–H and O–H groups in total. The summed E-state index contributed by atoms with van der Waals surface area (Å²) in [7, 11) is 0. The highest BCUT2D eigenvalue weighted by atomic mass is 16.6. The molecule has 1 amide bonds. The zero-order valence-corrected chi connectivity index (χ0v) is 18.1. The molecule has 2 aliphatic heterocycles. The Morgan fingerprint density at radius 3 is 2.61 bits per heavy atom. The van der Waals surface area contributed by atoms with Gasteiger partial charge in [0.05, 0.1) is 6.04 Å². The van der Waals surface area contributed by atoms with Crippen molar-refractivity contribution in [3.05, 3.63) is 30.3 Å². The summed E-state index contributed by atoms with van der Waals surface area (Å²) >= 11 is 0. The number of anilines is 1. The minimum absolute atomic E-state index is 0.143. The molecule has 3 unspecified atom stereocenters. The van der Waals surface area contributed by atoms with Gasteiger partial charge in [0.2, 0.25) is 0 Å². The van der Waals surface area contributed by atoms with E-state index in [1.807, 2.05) is 6.07 Å². The topological polar surface area (TPSA) is 71.1 Å². The summed E-state index contributed by atoms with van der Waals surface area (Å²) in [5, 5.41) is 2.91. The second-order valence-electron chi connectivity index (χ2n) is 9.64. The lowest BCUT2D eigenvalue weighted by Crippen LogP contribution is -2.52. The summed E-state index contributed by atoms with van der Waals surface area (Å²) in [5.41, 5.74) is 1.25. The number of hydrogen-bond acceptors (Lipinski definition) is 6. The van der Waals surface area contributed by atoms with E-state index in [1.54, 1.807) is 0 Å². The number of para-hydroxylation sites is 1. The van der Waals surface area contributed by atoms with Crippen molar-refractivity contribution in [2.75, 3.05) is 44.2 Å². The van der Waals surface area contributed by atoms with E-state index < -0.39 is 12.2 Å². The van der Waals surface area contributed by atoms with Crippen molar-refractivity contribution in [2.24, 2.45) is 17.8 Å². The van der Waals surface area contributed by atoms with E-state index >= 15 is 0 Å². The highest BCUT2D eigenvalue weighted by molar-refractivity contribution is 5.71. The molecule has 5 rings (SSSR count). The smallest absolute Gasteiger partial charge is 0.408 e. The lowest BCUT2D eigenvalue weighted by molar-refractivity contribution is -0.148. The third-order valence-electron chi connectivity index (χ3n) is 7.68. The number of amides is 1. The first-order chi connectivity index (χ1) is 15.1. The van der Waals surface area contributed by atoms with Crippen molar-refractivity contribution in [2.45, 2.75) is 44.2 Å². The second-order valence-corrected chi connectivity index (χ2v) is 9.64. The molecule has 1 aromatic carbocycles. The van der Waals surface area contributed by atoms with E-state index in [0.717, 1.165) is 32.1 Å². The number of hydrogen-bond donors (Lipinski definition) is 1. The van der Waals surface area contributed by atoms with Crippen molar-refractivity contribution >= 4 is 17.7 Å². The average molecular weight is 428 g/mol. The molecule has 7 nitrogen and oxygen atoms in total. The van der Waals surface area contributed by atoms with Gasteiger partial charge in [0, 0.05) is 44.8 Å². The first kappa shape index (κ1) is 20.6. The molecule has 0 aromatic heterocycles. The molecule has 2 heterocycles. The number of piperazine rings is 1. The minimum Gasteiger partial charge on any atom is -0.462 e. The second kappa shape index (κ2) is 9.07. The predicted octanol–water partition coefficient (Wildman–Crippen LogP) is 2.66. The van der Waals surface area contributed by atoms with Crippen LogP contribution in [-0.2, 0) is 14.3 Å². The molecule has 4 fully saturated rings. The van der Waals surface area contributed by atoms with Gasteiger partial charge in [-0.3, -0.25) is 9.69 Å². The summed E-state index contributed by atoms with van der Waals surface area (Å²) in [6.07, 6.45) is 4.76. The molecule has 0 radical (unpaired) electrons. The third-order valence-corrected chi connectivity index (χ3v) is 7.68.